The predicted octanol–water partition coefficient (Wildman–Crippen LogP) is 4.52. The van der Waals surface area contributed by atoms with Gasteiger partial charge in [-0.2, -0.15) is 4.31 Å². The van der Waals surface area contributed by atoms with Crippen molar-refractivity contribution in [3.05, 3.63) is 52.5 Å². The molecule has 0 radical (unpaired) electrons. The Kier molecular flexibility index (Phi) is 6.97. The van der Waals surface area contributed by atoms with Crippen LogP contribution in [0.4, 0.5) is 5.69 Å². The Labute approximate surface area is 180 Å². The standard InChI is InChI=1S/C21H25BrN2O4S/c1-3-28-20-9-4-16(22)14-19(20)21(25)23-17-5-7-18(8-6-17)29(26,27)24-12-10-15(2)11-13-24/h4-9,14-15H,3,10-13H2,1-2H3,(H,23,25). The van der Waals surface area contributed by atoms with Gasteiger partial charge in [0.05, 0.1) is 17.1 Å². The summed E-state index contributed by atoms with van der Waals surface area (Å²) in [5.41, 5.74) is 0.920. The molecule has 0 saturated carbocycles. The molecule has 1 aliphatic rings. The van der Waals surface area contributed by atoms with Crippen molar-refractivity contribution in [3.8, 4) is 5.75 Å². The molecule has 2 aromatic rings. The van der Waals surface area contributed by atoms with Crippen LogP contribution in [0.5, 0.6) is 5.75 Å². The van der Waals surface area contributed by atoms with Gasteiger partial charge in [0, 0.05) is 23.2 Å². The van der Waals surface area contributed by atoms with Gasteiger partial charge in [0.2, 0.25) is 10.0 Å². The topological polar surface area (TPSA) is 75.7 Å². The molecule has 0 spiro atoms. The third kappa shape index (κ3) is 5.18. The number of piperidine rings is 1. The predicted molar refractivity (Wildman–Crippen MR) is 117 cm³/mol. The fourth-order valence-corrected chi connectivity index (χ4v) is 5.07. The van der Waals surface area contributed by atoms with Crippen molar-refractivity contribution < 1.29 is 17.9 Å². The number of ether oxygens (including phenoxy) is 1. The summed E-state index contributed by atoms with van der Waals surface area (Å²) in [6.45, 7) is 5.54. The normalized spacial score (nSPS) is 15.8. The molecule has 29 heavy (non-hydrogen) atoms. The quantitative estimate of drug-likeness (QED) is 0.659. The Morgan fingerprint density at radius 2 is 1.83 bits per heavy atom. The number of sulfonamides is 1. The van der Waals surface area contributed by atoms with Crippen molar-refractivity contribution in [2.75, 3.05) is 25.0 Å². The first-order chi connectivity index (χ1) is 13.8. The fourth-order valence-electron chi connectivity index (χ4n) is 3.24. The maximum absolute atomic E-state index is 12.8. The zero-order valence-electron chi connectivity index (χ0n) is 16.5. The Bertz CT molecular complexity index is 969. The first-order valence-corrected chi connectivity index (χ1v) is 11.9. The molecule has 1 amide bonds. The molecule has 0 bridgehead atoms. The van der Waals surface area contributed by atoms with Gasteiger partial charge in [-0.15, -0.1) is 0 Å². The van der Waals surface area contributed by atoms with Crippen LogP contribution < -0.4 is 10.1 Å². The second kappa shape index (κ2) is 9.28. The molecule has 1 fully saturated rings. The van der Waals surface area contributed by atoms with Crippen molar-refractivity contribution in [3.63, 3.8) is 0 Å². The van der Waals surface area contributed by atoms with Crippen LogP contribution in [0.3, 0.4) is 0 Å². The van der Waals surface area contributed by atoms with E-state index in [1.165, 1.54) is 16.4 Å². The molecular weight excluding hydrogens is 456 g/mol. The zero-order chi connectivity index (χ0) is 21.0. The van der Waals surface area contributed by atoms with Crippen molar-refractivity contribution in [2.45, 2.75) is 31.6 Å². The number of anilines is 1. The zero-order valence-corrected chi connectivity index (χ0v) is 18.9. The summed E-state index contributed by atoms with van der Waals surface area (Å²) < 4.78 is 33.5. The molecule has 8 heteroatoms. The summed E-state index contributed by atoms with van der Waals surface area (Å²) in [7, 11) is -3.51. The van der Waals surface area contributed by atoms with Gasteiger partial charge in [0.25, 0.3) is 5.91 Å². The van der Waals surface area contributed by atoms with Crippen molar-refractivity contribution >= 4 is 37.5 Å². The maximum atomic E-state index is 12.8. The first-order valence-electron chi connectivity index (χ1n) is 9.65. The monoisotopic (exact) mass is 480 g/mol. The molecule has 0 atom stereocenters. The van der Waals surface area contributed by atoms with E-state index in [0.29, 0.717) is 42.6 Å². The highest BCUT2D eigenvalue weighted by Crippen LogP contribution is 2.26. The number of hydrogen-bond acceptors (Lipinski definition) is 4. The van der Waals surface area contributed by atoms with Gasteiger partial charge >= 0.3 is 0 Å². The van der Waals surface area contributed by atoms with Crippen LogP contribution in [0.15, 0.2) is 51.8 Å². The average molecular weight is 481 g/mol. The number of amides is 1. The average Bonchev–Trinajstić information content (AvgIpc) is 2.70. The lowest BCUT2D eigenvalue weighted by Gasteiger charge is -2.29. The molecule has 3 rings (SSSR count). The van der Waals surface area contributed by atoms with Gasteiger partial charge in [-0.25, -0.2) is 8.42 Å². The van der Waals surface area contributed by atoms with Crippen LogP contribution in [0.25, 0.3) is 0 Å². The van der Waals surface area contributed by atoms with E-state index in [0.717, 1.165) is 17.3 Å². The van der Waals surface area contributed by atoms with Gasteiger partial charge in [-0.3, -0.25) is 4.79 Å². The van der Waals surface area contributed by atoms with E-state index >= 15 is 0 Å². The number of benzene rings is 2. The second-order valence-electron chi connectivity index (χ2n) is 7.14. The summed E-state index contributed by atoms with van der Waals surface area (Å²) >= 11 is 3.37. The third-order valence-electron chi connectivity index (χ3n) is 4.98. The molecule has 1 saturated heterocycles. The Morgan fingerprint density at radius 1 is 1.17 bits per heavy atom. The van der Waals surface area contributed by atoms with Crippen LogP contribution in [0.2, 0.25) is 0 Å². The lowest BCUT2D eigenvalue weighted by Crippen LogP contribution is -2.37. The minimum Gasteiger partial charge on any atom is -0.493 e. The van der Waals surface area contributed by atoms with E-state index in [1.54, 1.807) is 24.3 Å². The van der Waals surface area contributed by atoms with Crippen LogP contribution in [0, 0.1) is 5.92 Å². The molecule has 156 valence electrons. The second-order valence-corrected chi connectivity index (χ2v) is 9.99. The Morgan fingerprint density at radius 3 is 2.45 bits per heavy atom. The number of carbonyl (C=O) groups excluding carboxylic acids is 1. The highest BCUT2D eigenvalue weighted by atomic mass is 79.9. The van der Waals surface area contributed by atoms with Crippen LogP contribution >= 0.6 is 15.9 Å². The Balaban J connectivity index is 1.74. The minimum atomic E-state index is -3.51. The summed E-state index contributed by atoms with van der Waals surface area (Å²) in [5, 5.41) is 2.80. The maximum Gasteiger partial charge on any atom is 0.259 e. The number of halogens is 1. The number of hydrogen-bond donors (Lipinski definition) is 1. The van der Waals surface area contributed by atoms with Gasteiger partial charge < -0.3 is 10.1 Å². The molecule has 0 unspecified atom stereocenters. The smallest absolute Gasteiger partial charge is 0.259 e. The van der Waals surface area contributed by atoms with Gasteiger partial charge in [0.15, 0.2) is 0 Å². The number of nitrogens with zero attached hydrogens (tertiary/aromatic N) is 1. The lowest BCUT2D eigenvalue weighted by atomic mass is 10.0. The lowest BCUT2D eigenvalue weighted by molar-refractivity contribution is 0.102. The first kappa shape index (κ1) is 21.8. The molecule has 0 aromatic heterocycles. The molecule has 1 heterocycles. The molecule has 0 aliphatic carbocycles. The third-order valence-corrected chi connectivity index (χ3v) is 7.38. The SMILES string of the molecule is CCOc1ccc(Br)cc1C(=O)Nc1ccc(S(=O)(=O)N2CCC(C)CC2)cc1. The van der Waals surface area contributed by atoms with Crippen molar-refractivity contribution in [1.29, 1.82) is 0 Å². The largest absolute Gasteiger partial charge is 0.493 e. The van der Waals surface area contributed by atoms with Gasteiger partial charge in [-0.05, 0) is 68.1 Å². The summed E-state index contributed by atoms with van der Waals surface area (Å²) in [4.78, 5) is 12.9. The van der Waals surface area contributed by atoms with Crippen LogP contribution in [-0.2, 0) is 10.0 Å². The van der Waals surface area contributed by atoms with Crippen LogP contribution in [0.1, 0.15) is 37.0 Å². The van der Waals surface area contributed by atoms with E-state index in [4.69, 9.17) is 4.74 Å². The van der Waals surface area contributed by atoms with E-state index in [-0.39, 0.29) is 10.8 Å². The number of carbonyl (C=O) groups is 1. The van der Waals surface area contributed by atoms with Gasteiger partial charge in [0.1, 0.15) is 5.75 Å². The van der Waals surface area contributed by atoms with E-state index in [1.807, 2.05) is 13.0 Å². The minimum absolute atomic E-state index is 0.238. The molecular formula is C21H25BrN2O4S. The van der Waals surface area contributed by atoms with E-state index < -0.39 is 10.0 Å². The summed E-state index contributed by atoms with van der Waals surface area (Å²) in [6.07, 6.45) is 1.75. The van der Waals surface area contributed by atoms with Crippen molar-refractivity contribution in [1.82, 2.24) is 4.31 Å². The molecule has 6 nitrogen and oxygen atoms in total. The highest BCUT2D eigenvalue weighted by Gasteiger charge is 2.28. The van der Waals surface area contributed by atoms with Gasteiger partial charge in [-0.1, -0.05) is 22.9 Å². The molecule has 2 aromatic carbocycles. The summed E-state index contributed by atoms with van der Waals surface area (Å²) in [6, 6.07) is 11.5. The molecule has 1 aliphatic heterocycles. The van der Waals surface area contributed by atoms with E-state index in [2.05, 4.69) is 28.2 Å². The van der Waals surface area contributed by atoms with Crippen LogP contribution in [-0.4, -0.2) is 38.3 Å². The Hall–Kier alpha value is -1.90. The number of nitrogens with one attached hydrogen (secondary N) is 1. The van der Waals surface area contributed by atoms with E-state index in [9.17, 15) is 13.2 Å². The van der Waals surface area contributed by atoms with Crippen molar-refractivity contribution in [2.24, 2.45) is 5.92 Å². The number of rotatable bonds is 6. The highest BCUT2D eigenvalue weighted by molar-refractivity contribution is 9.10. The molecule has 1 N–H and O–H groups in total. The summed E-state index contributed by atoms with van der Waals surface area (Å²) in [5.74, 6) is 0.723. The fraction of sp³-hybridized carbons (Fsp3) is 0.381.